The topological polar surface area (TPSA) is 38.3 Å². The number of alkyl carbamates (subject to hydrolysis) is 1. The van der Waals surface area contributed by atoms with Gasteiger partial charge in [0.25, 0.3) is 0 Å². The van der Waals surface area contributed by atoms with Gasteiger partial charge in [-0.1, -0.05) is 6.92 Å². The molecule has 1 rings (SSSR count). The van der Waals surface area contributed by atoms with Crippen molar-refractivity contribution in [2.45, 2.75) is 46.1 Å². The zero-order chi connectivity index (χ0) is 10.8. The van der Waals surface area contributed by atoms with Gasteiger partial charge in [-0.05, 0) is 45.4 Å². The van der Waals surface area contributed by atoms with E-state index < -0.39 is 5.60 Å². The highest BCUT2D eigenvalue weighted by molar-refractivity contribution is 5.67. The number of carbonyl (C=O) groups is 1. The van der Waals surface area contributed by atoms with Crippen LogP contribution in [-0.2, 0) is 4.74 Å². The molecule has 0 radical (unpaired) electrons. The maximum absolute atomic E-state index is 11.3. The van der Waals surface area contributed by atoms with Crippen molar-refractivity contribution in [2.24, 2.45) is 11.8 Å². The number of nitrogens with one attached hydrogen (secondary N) is 1. The molecule has 3 nitrogen and oxygen atoms in total. The Morgan fingerprint density at radius 2 is 2.00 bits per heavy atom. The molecular weight excluding hydrogens is 178 g/mol. The fourth-order valence-corrected chi connectivity index (χ4v) is 1.78. The first-order valence-corrected chi connectivity index (χ1v) is 5.33. The molecule has 1 saturated carbocycles. The van der Waals surface area contributed by atoms with E-state index in [0.29, 0.717) is 5.92 Å². The van der Waals surface area contributed by atoms with Crippen LogP contribution in [-0.4, -0.2) is 18.2 Å². The molecule has 0 spiro atoms. The molecular formula is C11H21NO2. The summed E-state index contributed by atoms with van der Waals surface area (Å²) in [5.74, 6) is 1.50. The number of ether oxygens (including phenoxy) is 1. The first-order valence-electron chi connectivity index (χ1n) is 5.33. The summed E-state index contributed by atoms with van der Waals surface area (Å²) in [6, 6.07) is 0. The Bertz CT molecular complexity index is 202. The molecule has 0 atom stereocenters. The Morgan fingerprint density at radius 1 is 1.43 bits per heavy atom. The van der Waals surface area contributed by atoms with Crippen LogP contribution in [0.2, 0.25) is 0 Å². The molecule has 3 heteroatoms. The van der Waals surface area contributed by atoms with Crippen LogP contribution in [0.1, 0.15) is 40.5 Å². The minimum atomic E-state index is -0.392. The maximum atomic E-state index is 11.3. The predicted molar refractivity (Wildman–Crippen MR) is 56.1 cm³/mol. The first kappa shape index (κ1) is 11.3. The van der Waals surface area contributed by atoms with E-state index in [9.17, 15) is 4.79 Å². The van der Waals surface area contributed by atoms with E-state index in [1.165, 1.54) is 12.8 Å². The summed E-state index contributed by atoms with van der Waals surface area (Å²) in [7, 11) is 0. The molecule has 1 aliphatic rings. The fraction of sp³-hybridized carbons (Fsp3) is 0.909. The zero-order valence-electron chi connectivity index (χ0n) is 9.59. The van der Waals surface area contributed by atoms with E-state index in [1.807, 2.05) is 20.8 Å². The van der Waals surface area contributed by atoms with Gasteiger partial charge in [-0.3, -0.25) is 0 Å². The molecule has 0 aromatic carbocycles. The predicted octanol–water partition coefficient (Wildman–Crippen LogP) is 2.56. The van der Waals surface area contributed by atoms with Crippen LogP contribution in [0.3, 0.4) is 0 Å². The molecule has 1 N–H and O–H groups in total. The second kappa shape index (κ2) is 4.20. The molecule has 0 bridgehead atoms. The van der Waals surface area contributed by atoms with Crippen LogP contribution in [0.15, 0.2) is 0 Å². The number of amides is 1. The summed E-state index contributed by atoms with van der Waals surface area (Å²) < 4.78 is 5.13. The zero-order valence-corrected chi connectivity index (χ0v) is 9.59. The molecule has 0 heterocycles. The lowest BCUT2D eigenvalue weighted by Gasteiger charge is -2.32. The van der Waals surface area contributed by atoms with Gasteiger partial charge < -0.3 is 10.1 Å². The summed E-state index contributed by atoms with van der Waals surface area (Å²) in [5, 5.41) is 2.80. The maximum Gasteiger partial charge on any atom is 0.407 e. The van der Waals surface area contributed by atoms with Gasteiger partial charge >= 0.3 is 6.09 Å². The highest BCUT2D eigenvalue weighted by atomic mass is 16.6. The van der Waals surface area contributed by atoms with Gasteiger partial charge in [0.1, 0.15) is 5.60 Å². The molecule has 82 valence electrons. The van der Waals surface area contributed by atoms with Crippen molar-refractivity contribution in [3.8, 4) is 0 Å². The Hall–Kier alpha value is -0.730. The van der Waals surface area contributed by atoms with E-state index in [0.717, 1.165) is 12.5 Å². The van der Waals surface area contributed by atoms with Crippen molar-refractivity contribution in [3.63, 3.8) is 0 Å². The molecule has 0 unspecified atom stereocenters. The van der Waals surface area contributed by atoms with Gasteiger partial charge in [0.05, 0.1) is 0 Å². The highest BCUT2D eigenvalue weighted by Gasteiger charge is 2.26. The Balaban J connectivity index is 2.10. The van der Waals surface area contributed by atoms with E-state index in [4.69, 9.17) is 4.74 Å². The Morgan fingerprint density at radius 3 is 2.43 bits per heavy atom. The lowest BCUT2D eigenvalue weighted by molar-refractivity contribution is 0.0500. The van der Waals surface area contributed by atoms with Crippen molar-refractivity contribution in [3.05, 3.63) is 0 Å². The fourth-order valence-electron chi connectivity index (χ4n) is 1.78. The van der Waals surface area contributed by atoms with Gasteiger partial charge in [0.2, 0.25) is 0 Å². The lowest BCUT2D eigenvalue weighted by Crippen LogP contribution is -2.38. The lowest BCUT2D eigenvalue weighted by atomic mass is 9.76. The van der Waals surface area contributed by atoms with Crippen molar-refractivity contribution >= 4 is 6.09 Å². The Kier molecular flexibility index (Phi) is 3.40. The number of hydrogen-bond acceptors (Lipinski definition) is 2. The smallest absolute Gasteiger partial charge is 0.407 e. The molecule has 1 aliphatic carbocycles. The molecule has 14 heavy (non-hydrogen) atoms. The number of hydrogen-bond donors (Lipinski definition) is 1. The van der Waals surface area contributed by atoms with Crippen molar-refractivity contribution in [2.75, 3.05) is 6.54 Å². The molecule has 1 amide bonds. The molecule has 0 aliphatic heterocycles. The summed E-state index contributed by atoms with van der Waals surface area (Å²) in [6.45, 7) is 8.62. The normalized spacial score (nSPS) is 26.6. The third-order valence-electron chi connectivity index (χ3n) is 2.41. The van der Waals surface area contributed by atoms with Crippen LogP contribution in [0.25, 0.3) is 0 Å². The molecule has 1 fully saturated rings. The van der Waals surface area contributed by atoms with E-state index in [-0.39, 0.29) is 6.09 Å². The van der Waals surface area contributed by atoms with E-state index in [2.05, 4.69) is 12.2 Å². The van der Waals surface area contributed by atoms with Crippen molar-refractivity contribution < 1.29 is 9.53 Å². The van der Waals surface area contributed by atoms with Gasteiger partial charge in [-0.2, -0.15) is 0 Å². The second-order valence-corrected chi connectivity index (χ2v) is 5.33. The minimum absolute atomic E-state index is 0.294. The second-order valence-electron chi connectivity index (χ2n) is 5.33. The van der Waals surface area contributed by atoms with Gasteiger partial charge in [0, 0.05) is 6.54 Å². The van der Waals surface area contributed by atoms with Gasteiger partial charge in [-0.15, -0.1) is 0 Å². The summed E-state index contributed by atoms with van der Waals surface area (Å²) in [5.41, 5.74) is -0.392. The van der Waals surface area contributed by atoms with Crippen LogP contribution in [0.5, 0.6) is 0 Å². The van der Waals surface area contributed by atoms with Crippen molar-refractivity contribution in [1.29, 1.82) is 0 Å². The van der Waals surface area contributed by atoms with Crippen LogP contribution >= 0.6 is 0 Å². The van der Waals surface area contributed by atoms with Crippen LogP contribution in [0.4, 0.5) is 4.79 Å². The van der Waals surface area contributed by atoms with E-state index >= 15 is 0 Å². The molecule has 0 aromatic heterocycles. The molecule has 0 saturated heterocycles. The number of carbonyl (C=O) groups excluding carboxylic acids is 1. The SMILES string of the molecule is CC(C)(C)OC(=O)NC[C@H]1C[C@H](C)C1. The van der Waals surface area contributed by atoms with Gasteiger partial charge in [0.15, 0.2) is 0 Å². The average Bonchev–Trinajstić information content (AvgIpc) is 1.92. The highest BCUT2D eigenvalue weighted by Crippen LogP contribution is 2.32. The summed E-state index contributed by atoms with van der Waals surface area (Å²) >= 11 is 0. The third-order valence-corrected chi connectivity index (χ3v) is 2.41. The third kappa shape index (κ3) is 3.99. The van der Waals surface area contributed by atoms with Gasteiger partial charge in [-0.25, -0.2) is 4.79 Å². The van der Waals surface area contributed by atoms with Crippen LogP contribution < -0.4 is 5.32 Å². The monoisotopic (exact) mass is 199 g/mol. The molecule has 0 aromatic rings. The Labute approximate surface area is 86.2 Å². The van der Waals surface area contributed by atoms with Crippen LogP contribution in [0, 0.1) is 11.8 Å². The quantitative estimate of drug-likeness (QED) is 0.742. The summed E-state index contributed by atoms with van der Waals surface area (Å²) in [4.78, 5) is 11.3. The standard InChI is InChI=1S/C11H21NO2/c1-8-5-9(6-8)7-12-10(13)14-11(2,3)4/h8-9H,5-7H2,1-4H3,(H,12,13)/t8-,9-. The first-order chi connectivity index (χ1) is 6.37. The van der Waals surface area contributed by atoms with Crippen molar-refractivity contribution in [1.82, 2.24) is 5.32 Å². The minimum Gasteiger partial charge on any atom is -0.444 e. The largest absolute Gasteiger partial charge is 0.444 e. The van der Waals surface area contributed by atoms with E-state index in [1.54, 1.807) is 0 Å². The average molecular weight is 199 g/mol. The number of rotatable bonds is 2. The summed E-state index contributed by atoms with van der Waals surface area (Å²) in [6.07, 6.45) is 2.17.